The Morgan fingerprint density at radius 3 is 2.58 bits per heavy atom. The molecule has 0 saturated carbocycles. The minimum Gasteiger partial charge on any atom is -0.461 e. The van der Waals surface area contributed by atoms with Gasteiger partial charge in [-0.25, -0.2) is 19.2 Å². The number of nitrogens with one attached hydrogen (secondary N) is 1. The normalized spacial score (nSPS) is 10.7. The van der Waals surface area contributed by atoms with Gasteiger partial charge < -0.3 is 10.1 Å². The zero-order valence-corrected chi connectivity index (χ0v) is 14.8. The number of halogens is 1. The summed E-state index contributed by atoms with van der Waals surface area (Å²) in [6.07, 6.45) is 1.71. The van der Waals surface area contributed by atoms with Crippen molar-refractivity contribution in [1.82, 2.24) is 9.97 Å². The second-order valence-corrected chi connectivity index (χ2v) is 5.98. The Morgan fingerprint density at radius 1 is 1.15 bits per heavy atom. The zero-order chi connectivity index (χ0) is 18.5. The number of hydrogen-bond donors (Lipinski definition) is 1. The first kappa shape index (κ1) is 17.8. The van der Waals surface area contributed by atoms with Crippen LogP contribution in [0.1, 0.15) is 35.8 Å². The number of benzene rings is 2. The molecular weight excluding hydrogens is 333 g/mol. The SMILES string of the molecule is CCCCOC(=O)c1nc2ccccc2nc1Nc1ccc(F)cc1C. The molecule has 1 aromatic heterocycles. The Kier molecular flexibility index (Phi) is 5.41. The van der Waals surface area contributed by atoms with E-state index in [4.69, 9.17) is 4.74 Å². The van der Waals surface area contributed by atoms with Crippen molar-refractivity contribution in [3.8, 4) is 0 Å². The smallest absolute Gasteiger partial charge is 0.360 e. The molecule has 1 N–H and O–H groups in total. The lowest BCUT2D eigenvalue weighted by atomic mass is 10.2. The molecule has 3 rings (SSSR count). The van der Waals surface area contributed by atoms with E-state index >= 15 is 0 Å². The van der Waals surface area contributed by atoms with Gasteiger partial charge in [-0.05, 0) is 49.2 Å². The number of rotatable bonds is 6. The van der Waals surface area contributed by atoms with Crippen molar-refractivity contribution in [1.29, 1.82) is 0 Å². The van der Waals surface area contributed by atoms with Crippen LogP contribution < -0.4 is 5.32 Å². The summed E-state index contributed by atoms with van der Waals surface area (Å²) < 4.78 is 18.6. The molecule has 0 atom stereocenters. The summed E-state index contributed by atoms with van der Waals surface area (Å²) in [7, 11) is 0. The average Bonchev–Trinajstić information content (AvgIpc) is 2.63. The highest BCUT2D eigenvalue weighted by Crippen LogP contribution is 2.24. The van der Waals surface area contributed by atoms with Crippen molar-refractivity contribution in [3.05, 3.63) is 59.5 Å². The molecule has 0 unspecified atom stereocenters. The van der Waals surface area contributed by atoms with Gasteiger partial charge in [0.05, 0.1) is 17.6 Å². The average molecular weight is 353 g/mol. The number of para-hydroxylation sites is 2. The van der Waals surface area contributed by atoms with Gasteiger partial charge in [0, 0.05) is 5.69 Å². The number of carbonyl (C=O) groups is 1. The van der Waals surface area contributed by atoms with Gasteiger partial charge in [0.2, 0.25) is 0 Å². The van der Waals surface area contributed by atoms with Crippen LogP contribution in [0.15, 0.2) is 42.5 Å². The molecule has 3 aromatic rings. The molecule has 0 amide bonds. The third kappa shape index (κ3) is 3.96. The number of unbranched alkanes of at least 4 members (excludes halogenated alkanes) is 1. The lowest BCUT2D eigenvalue weighted by Crippen LogP contribution is -2.13. The summed E-state index contributed by atoms with van der Waals surface area (Å²) in [5.41, 5.74) is 2.73. The first-order chi connectivity index (χ1) is 12.6. The highest BCUT2D eigenvalue weighted by atomic mass is 19.1. The third-order valence-electron chi connectivity index (χ3n) is 3.94. The van der Waals surface area contributed by atoms with E-state index in [-0.39, 0.29) is 11.5 Å². The summed E-state index contributed by atoms with van der Waals surface area (Å²) in [6, 6.07) is 11.7. The number of hydrogen-bond acceptors (Lipinski definition) is 5. The molecule has 1 heterocycles. The van der Waals surface area contributed by atoms with Gasteiger partial charge in [0.15, 0.2) is 11.5 Å². The number of anilines is 2. The van der Waals surface area contributed by atoms with Crippen molar-refractivity contribution >= 4 is 28.5 Å². The molecule has 0 radical (unpaired) electrons. The zero-order valence-electron chi connectivity index (χ0n) is 14.8. The van der Waals surface area contributed by atoms with Gasteiger partial charge >= 0.3 is 5.97 Å². The van der Waals surface area contributed by atoms with E-state index in [0.29, 0.717) is 34.7 Å². The van der Waals surface area contributed by atoms with E-state index in [1.807, 2.05) is 25.1 Å². The maximum atomic E-state index is 13.3. The summed E-state index contributed by atoms with van der Waals surface area (Å²) in [4.78, 5) is 21.4. The molecule has 0 saturated heterocycles. The molecule has 2 aromatic carbocycles. The predicted octanol–water partition coefficient (Wildman–Crippen LogP) is 4.78. The summed E-state index contributed by atoms with van der Waals surface area (Å²) in [5, 5.41) is 3.09. The van der Waals surface area contributed by atoms with Crippen LogP contribution in [-0.4, -0.2) is 22.5 Å². The standard InChI is InChI=1S/C20H20FN3O2/c1-3-4-11-26-20(25)18-19(23-15-10-9-14(21)12-13(15)2)24-17-8-6-5-7-16(17)22-18/h5-10,12H,3-4,11H2,1-2H3,(H,23,24). The Hall–Kier alpha value is -3.02. The highest BCUT2D eigenvalue weighted by molar-refractivity contribution is 5.96. The Labute approximate surface area is 151 Å². The van der Waals surface area contributed by atoms with Crippen LogP contribution in [-0.2, 0) is 4.74 Å². The Morgan fingerprint density at radius 2 is 1.88 bits per heavy atom. The molecule has 0 bridgehead atoms. The monoisotopic (exact) mass is 353 g/mol. The molecule has 0 aliphatic heterocycles. The third-order valence-corrected chi connectivity index (χ3v) is 3.94. The number of nitrogens with zero attached hydrogens (tertiary/aromatic N) is 2. The highest BCUT2D eigenvalue weighted by Gasteiger charge is 2.18. The summed E-state index contributed by atoms with van der Waals surface area (Å²) in [5.74, 6) is -0.560. The first-order valence-electron chi connectivity index (χ1n) is 8.55. The van der Waals surface area contributed by atoms with Gasteiger partial charge in [-0.15, -0.1) is 0 Å². The predicted molar refractivity (Wildman–Crippen MR) is 99.1 cm³/mol. The fourth-order valence-corrected chi connectivity index (χ4v) is 2.50. The van der Waals surface area contributed by atoms with E-state index in [1.54, 1.807) is 19.1 Å². The van der Waals surface area contributed by atoms with Crippen molar-refractivity contribution < 1.29 is 13.9 Å². The van der Waals surface area contributed by atoms with E-state index in [1.165, 1.54) is 12.1 Å². The molecule has 0 aliphatic rings. The minimum atomic E-state index is -0.529. The topological polar surface area (TPSA) is 64.1 Å². The lowest BCUT2D eigenvalue weighted by molar-refractivity contribution is 0.0494. The number of aromatic nitrogens is 2. The summed E-state index contributed by atoms with van der Waals surface area (Å²) in [6.45, 7) is 4.13. The summed E-state index contributed by atoms with van der Waals surface area (Å²) >= 11 is 0. The van der Waals surface area contributed by atoms with Crippen molar-refractivity contribution in [3.63, 3.8) is 0 Å². The number of fused-ring (bicyclic) bond motifs is 1. The lowest BCUT2D eigenvalue weighted by Gasteiger charge is -2.13. The Balaban J connectivity index is 2.00. The molecule has 0 fully saturated rings. The van der Waals surface area contributed by atoms with E-state index in [9.17, 15) is 9.18 Å². The number of esters is 1. The van der Waals surface area contributed by atoms with Crippen LogP contribution in [0, 0.1) is 12.7 Å². The van der Waals surface area contributed by atoms with Crippen LogP contribution >= 0.6 is 0 Å². The molecular formula is C20H20FN3O2. The maximum absolute atomic E-state index is 13.3. The van der Waals surface area contributed by atoms with Crippen molar-refractivity contribution in [2.24, 2.45) is 0 Å². The largest absolute Gasteiger partial charge is 0.461 e. The van der Waals surface area contributed by atoms with E-state index < -0.39 is 5.97 Å². The number of aryl methyl sites for hydroxylation is 1. The van der Waals surface area contributed by atoms with Gasteiger partial charge in [-0.1, -0.05) is 25.5 Å². The fourth-order valence-electron chi connectivity index (χ4n) is 2.50. The molecule has 6 heteroatoms. The molecule has 0 spiro atoms. The minimum absolute atomic E-state index is 0.114. The molecule has 26 heavy (non-hydrogen) atoms. The van der Waals surface area contributed by atoms with E-state index in [2.05, 4.69) is 15.3 Å². The molecule has 0 aliphatic carbocycles. The van der Waals surface area contributed by atoms with Gasteiger partial charge in [0.1, 0.15) is 5.82 Å². The molecule has 134 valence electrons. The van der Waals surface area contributed by atoms with Crippen LogP contribution in [0.2, 0.25) is 0 Å². The van der Waals surface area contributed by atoms with Gasteiger partial charge in [-0.3, -0.25) is 0 Å². The van der Waals surface area contributed by atoms with Crippen molar-refractivity contribution in [2.75, 3.05) is 11.9 Å². The van der Waals surface area contributed by atoms with Crippen molar-refractivity contribution in [2.45, 2.75) is 26.7 Å². The Bertz CT molecular complexity index is 943. The van der Waals surface area contributed by atoms with Gasteiger partial charge in [0.25, 0.3) is 0 Å². The number of ether oxygens (including phenoxy) is 1. The second-order valence-electron chi connectivity index (χ2n) is 5.98. The maximum Gasteiger partial charge on any atom is 0.360 e. The number of carbonyl (C=O) groups excluding carboxylic acids is 1. The van der Waals surface area contributed by atoms with Gasteiger partial charge in [-0.2, -0.15) is 0 Å². The first-order valence-corrected chi connectivity index (χ1v) is 8.55. The van der Waals surface area contributed by atoms with Crippen LogP contribution in [0.25, 0.3) is 11.0 Å². The molecule has 5 nitrogen and oxygen atoms in total. The van der Waals surface area contributed by atoms with Crippen LogP contribution in [0.4, 0.5) is 15.9 Å². The fraction of sp³-hybridized carbons (Fsp3) is 0.250. The quantitative estimate of drug-likeness (QED) is 0.510. The van der Waals surface area contributed by atoms with Crippen LogP contribution in [0.3, 0.4) is 0 Å². The second kappa shape index (κ2) is 7.91. The van der Waals surface area contributed by atoms with E-state index in [0.717, 1.165) is 12.8 Å². The van der Waals surface area contributed by atoms with Crippen LogP contribution in [0.5, 0.6) is 0 Å².